The fraction of sp³-hybridized carbons (Fsp3) is 0.0909. The van der Waals surface area contributed by atoms with E-state index in [1.165, 1.54) is 0 Å². The molecule has 1 aliphatic rings. The summed E-state index contributed by atoms with van der Waals surface area (Å²) >= 11 is 0. The molecule has 4 heteroatoms. The van der Waals surface area contributed by atoms with Gasteiger partial charge in [0.05, 0.1) is 6.54 Å². The van der Waals surface area contributed by atoms with Gasteiger partial charge in [0.15, 0.2) is 0 Å². The van der Waals surface area contributed by atoms with Crippen molar-refractivity contribution in [2.24, 2.45) is 0 Å². The van der Waals surface area contributed by atoms with Crippen molar-refractivity contribution >= 4 is 11.8 Å². The highest BCUT2D eigenvalue weighted by Gasteiger charge is 2.33. The molecule has 26 heavy (non-hydrogen) atoms. The van der Waals surface area contributed by atoms with Crippen LogP contribution in [-0.2, 0) is 4.74 Å². The van der Waals surface area contributed by atoms with Crippen molar-refractivity contribution < 1.29 is 9.53 Å². The molecule has 1 aromatic heterocycles. The maximum atomic E-state index is 12.3. The summed E-state index contributed by atoms with van der Waals surface area (Å²) in [4.78, 5) is 18.0. The first-order valence-corrected chi connectivity index (χ1v) is 8.35. The zero-order chi connectivity index (χ0) is 17.8. The lowest BCUT2D eigenvalue weighted by Crippen LogP contribution is -2.23. The summed E-state index contributed by atoms with van der Waals surface area (Å²) in [7, 11) is 0. The molecule has 1 atom stereocenters. The Bertz CT molecular complexity index is 975. The molecule has 0 radical (unpaired) electrons. The largest absolute Gasteiger partial charge is 0.439 e. The van der Waals surface area contributed by atoms with Gasteiger partial charge >= 0.3 is 6.09 Å². The molecule has 0 N–H and O–H groups in total. The molecule has 1 saturated heterocycles. The molecule has 0 unspecified atom stereocenters. The van der Waals surface area contributed by atoms with Gasteiger partial charge in [0.25, 0.3) is 0 Å². The molecule has 2 aromatic carbocycles. The molecule has 0 aliphatic carbocycles. The summed E-state index contributed by atoms with van der Waals surface area (Å²) in [5, 5.41) is 0. The third-order valence-electron chi connectivity index (χ3n) is 4.15. The lowest BCUT2D eigenvalue weighted by Gasteiger charge is -2.13. The fourth-order valence-electron chi connectivity index (χ4n) is 2.83. The van der Waals surface area contributed by atoms with Crippen LogP contribution in [0.1, 0.15) is 22.8 Å². The third kappa shape index (κ3) is 3.42. The molecule has 1 fully saturated rings. The van der Waals surface area contributed by atoms with E-state index in [0.717, 1.165) is 22.4 Å². The fourth-order valence-corrected chi connectivity index (χ4v) is 2.83. The highest BCUT2D eigenvalue weighted by molar-refractivity contribution is 5.90. The first-order chi connectivity index (χ1) is 12.8. The van der Waals surface area contributed by atoms with Crippen LogP contribution in [0.3, 0.4) is 0 Å². The van der Waals surface area contributed by atoms with E-state index in [1.54, 1.807) is 17.3 Å². The molecule has 1 amide bonds. The van der Waals surface area contributed by atoms with Crippen LogP contribution >= 0.6 is 0 Å². The summed E-state index contributed by atoms with van der Waals surface area (Å²) < 4.78 is 5.49. The van der Waals surface area contributed by atoms with Gasteiger partial charge in [0.2, 0.25) is 0 Å². The Kier molecular flexibility index (Phi) is 4.36. The summed E-state index contributed by atoms with van der Waals surface area (Å²) in [6.45, 7) is 0.458. The number of cyclic esters (lactones) is 1. The summed E-state index contributed by atoms with van der Waals surface area (Å²) in [6, 6.07) is 21.2. The number of hydrogen-bond acceptors (Lipinski definition) is 3. The van der Waals surface area contributed by atoms with Crippen molar-refractivity contribution in [3.63, 3.8) is 0 Å². The molecule has 4 rings (SSSR count). The van der Waals surface area contributed by atoms with Gasteiger partial charge in [0.1, 0.15) is 6.10 Å². The zero-order valence-corrected chi connectivity index (χ0v) is 14.0. The van der Waals surface area contributed by atoms with E-state index in [2.05, 4.69) is 16.8 Å². The molecule has 126 valence electrons. The van der Waals surface area contributed by atoms with Crippen LogP contribution in [0.4, 0.5) is 10.5 Å². The van der Waals surface area contributed by atoms with Crippen LogP contribution in [0.2, 0.25) is 0 Å². The lowest BCUT2D eigenvalue weighted by atomic mass is 10.1. The first-order valence-electron chi connectivity index (χ1n) is 8.35. The number of carbonyl (C=O) groups is 1. The molecular formula is C22H16N2O2. The maximum Gasteiger partial charge on any atom is 0.415 e. The minimum atomic E-state index is -0.355. The van der Waals surface area contributed by atoms with Gasteiger partial charge in [-0.05, 0) is 36.4 Å². The summed E-state index contributed by atoms with van der Waals surface area (Å²) in [5.74, 6) is 6.28. The molecule has 0 bridgehead atoms. The normalized spacial score (nSPS) is 15.9. The lowest BCUT2D eigenvalue weighted by molar-refractivity contribution is 0.142. The Balaban J connectivity index is 1.55. The average molecular weight is 340 g/mol. The molecule has 3 aromatic rings. The number of ether oxygens (including phenoxy) is 1. The predicted octanol–water partition coefficient (Wildman–Crippen LogP) is 4.18. The van der Waals surface area contributed by atoms with E-state index in [-0.39, 0.29) is 12.2 Å². The predicted molar refractivity (Wildman–Crippen MR) is 99.7 cm³/mol. The first kappa shape index (κ1) is 15.9. The van der Waals surface area contributed by atoms with Gasteiger partial charge in [0, 0.05) is 34.8 Å². The van der Waals surface area contributed by atoms with Crippen molar-refractivity contribution in [1.82, 2.24) is 4.98 Å². The second-order valence-corrected chi connectivity index (χ2v) is 5.94. The van der Waals surface area contributed by atoms with Crippen LogP contribution < -0.4 is 4.90 Å². The van der Waals surface area contributed by atoms with Gasteiger partial charge < -0.3 is 4.74 Å². The molecular weight excluding hydrogens is 324 g/mol. The molecule has 0 saturated carbocycles. The van der Waals surface area contributed by atoms with E-state index >= 15 is 0 Å². The molecule has 0 spiro atoms. The molecule has 2 heterocycles. The standard InChI is InChI=1S/C22H16N2O2/c25-22-24(16-21(26-22)19-9-5-13-23-15-19)20-10-4-8-18(14-20)12-11-17-6-2-1-3-7-17/h1-10,13-15,21H,16H2/t21-/m0/s1. The van der Waals surface area contributed by atoms with E-state index in [9.17, 15) is 4.79 Å². The van der Waals surface area contributed by atoms with Gasteiger partial charge in [-0.2, -0.15) is 0 Å². The number of benzene rings is 2. The zero-order valence-electron chi connectivity index (χ0n) is 14.0. The van der Waals surface area contributed by atoms with Gasteiger partial charge in [-0.15, -0.1) is 0 Å². The average Bonchev–Trinajstić information content (AvgIpc) is 3.10. The Morgan fingerprint density at radius 2 is 1.77 bits per heavy atom. The quantitative estimate of drug-likeness (QED) is 0.657. The number of carbonyl (C=O) groups excluding carboxylic acids is 1. The topological polar surface area (TPSA) is 42.4 Å². The van der Waals surface area contributed by atoms with Crippen molar-refractivity contribution in [1.29, 1.82) is 0 Å². The second kappa shape index (κ2) is 7.12. The second-order valence-electron chi connectivity index (χ2n) is 5.94. The third-order valence-corrected chi connectivity index (χ3v) is 4.15. The van der Waals surface area contributed by atoms with Crippen LogP contribution in [0.15, 0.2) is 79.1 Å². The number of aromatic nitrogens is 1. The smallest absolute Gasteiger partial charge is 0.415 e. The van der Waals surface area contributed by atoms with Crippen LogP contribution in [0.5, 0.6) is 0 Å². The SMILES string of the molecule is O=C1O[C@H](c2cccnc2)CN1c1cccc(C#Cc2ccccc2)c1. The van der Waals surface area contributed by atoms with Crippen molar-refractivity contribution in [2.75, 3.05) is 11.4 Å². The Morgan fingerprint density at radius 3 is 2.58 bits per heavy atom. The Labute approximate surface area is 152 Å². The van der Waals surface area contributed by atoms with Crippen molar-refractivity contribution in [3.05, 3.63) is 95.8 Å². The van der Waals surface area contributed by atoms with Crippen LogP contribution in [0, 0.1) is 11.8 Å². The number of nitrogens with zero attached hydrogens (tertiary/aromatic N) is 2. The number of rotatable bonds is 2. The minimum absolute atomic E-state index is 0.310. The Hall–Kier alpha value is -3.58. The molecule has 1 aliphatic heterocycles. The number of hydrogen-bond donors (Lipinski definition) is 0. The highest BCUT2D eigenvalue weighted by Crippen LogP contribution is 2.30. The highest BCUT2D eigenvalue weighted by atomic mass is 16.6. The van der Waals surface area contributed by atoms with Gasteiger partial charge in [-0.25, -0.2) is 4.79 Å². The number of anilines is 1. The summed E-state index contributed by atoms with van der Waals surface area (Å²) in [5.41, 5.74) is 3.48. The van der Waals surface area contributed by atoms with E-state index < -0.39 is 0 Å². The van der Waals surface area contributed by atoms with Crippen LogP contribution in [0.25, 0.3) is 0 Å². The molecule has 4 nitrogen and oxygen atoms in total. The number of pyridine rings is 1. The Morgan fingerprint density at radius 1 is 0.962 bits per heavy atom. The van der Waals surface area contributed by atoms with E-state index in [0.29, 0.717) is 6.54 Å². The van der Waals surface area contributed by atoms with E-state index in [1.807, 2.05) is 66.7 Å². The van der Waals surface area contributed by atoms with Crippen LogP contribution in [-0.4, -0.2) is 17.6 Å². The van der Waals surface area contributed by atoms with Gasteiger partial charge in [-0.3, -0.25) is 9.88 Å². The van der Waals surface area contributed by atoms with Gasteiger partial charge in [-0.1, -0.05) is 42.2 Å². The minimum Gasteiger partial charge on any atom is -0.439 e. The van der Waals surface area contributed by atoms with Crippen molar-refractivity contribution in [2.45, 2.75) is 6.10 Å². The maximum absolute atomic E-state index is 12.3. The summed E-state index contributed by atoms with van der Waals surface area (Å²) in [6.07, 6.45) is 2.76. The van der Waals surface area contributed by atoms with E-state index in [4.69, 9.17) is 4.74 Å². The monoisotopic (exact) mass is 340 g/mol. The van der Waals surface area contributed by atoms with Crippen molar-refractivity contribution in [3.8, 4) is 11.8 Å². The number of amides is 1.